The van der Waals surface area contributed by atoms with E-state index < -0.39 is 11.7 Å². The van der Waals surface area contributed by atoms with Crippen LogP contribution in [-0.2, 0) is 23.0 Å². The number of carbonyl (C=O) groups is 2. The number of hydrogen-bond donors (Lipinski definition) is 2. The van der Waals surface area contributed by atoms with E-state index in [4.69, 9.17) is 4.74 Å². The summed E-state index contributed by atoms with van der Waals surface area (Å²) in [5.41, 5.74) is 3.88. The van der Waals surface area contributed by atoms with Gasteiger partial charge in [-0.05, 0) is 70.9 Å². The summed E-state index contributed by atoms with van der Waals surface area (Å²) in [5, 5.41) is 9.89. The molecule has 0 fully saturated rings. The van der Waals surface area contributed by atoms with Crippen molar-refractivity contribution in [2.45, 2.75) is 53.1 Å². The average Bonchev–Trinajstić information content (AvgIpc) is 2.78. The Morgan fingerprint density at radius 1 is 1.07 bits per heavy atom. The molecule has 0 atom stereocenters. The smallest absolute Gasteiger partial charge is 0.412 e. The van der Waals surface area contributed by atoms with Crippen LogP contribution in [0.3, 0.4) is 0 Å². The van der Waals surface area contributed by atoms with Crippen LogP contribution in [0.5, 0.6) is 0 Å². The third kappa shape index (κ3) is 6.13. The van der Waals surface area contributed by atoms with Gasteiger partial charge in [0.25, 0.3) is 0 Å². The molecule has 146 valence electrons. The van der Waals surface area contributed by atoms with Crippen LogP contribution >= 0.6 is 0 Å². The number of aryl methyl sites for hydroxylation is 2. The van der Waals surface area contributed by atoms with Gasteiger partial charge in [-0.25, -0.2) is 4.79 Å². The van der Waals surface area contributed by atoms with Gasteiger partial charge in [-0.1, -0.05) is 0 Å². The number of benzene rings is 1. The van der Waals surface area contributed by atoms with Gasteiger partial charge in [0.05, 0.1) is 5.69 Å². The summed E-state index contributed by atoms with van der Waals surface area (Å²) in [5.74, 6) is -0.0643. The first-order valence-electron chi connectivity index (χ1n) is 8.94. The summed E-state index contributed by atoms with van der Waals surface area (Å²) in [4.78, 5) is 24.0. The van der Waals surface area contributed by atoms with Crippen LogP contribution in [0.4, 0.5) is 16.2 Å². The number of amides is 2. The van der Waals surface area contributed by atoms with Gasteiger partial charge in [0, 0.05) is 30.5 Å². The number of anilines is 2. The first-order valence-corrected chi connectivity index (χ1v) is 8.94. The SMILES string of the molecule is Cc1nn(C)c(C)c1CCC(=O)Nc1ccc(NC(=O)OC(C)(C)C)cc1. The summed E-state index contributed by atoms with van der Waals surface area (Å²) in [7, 11) is 1.90. The third-order valence-corrected chi connectivity index (χ3v) is 4.07. The minimum atomic E-state index is -0.553. The maximum Gasteiger partial charge on any atom is 0.412 e. The first kappa shape index (κ1) is 20.5. The summed E-state index contributed by atoms with van der Waals surface area (Å²) >= 11 is 0. The predicted octanol–water partition coefficient (Wildman–Crippen LogP) is 3.96. The molecule has 7 heteroatoms. The van der Waals surface area contributed by atoms with E-state index in [1.165, 1.54) is 0 Å². The molecule has 2 rings (SSSR count). The Balaban J connectivity index is 1.86. The van der Waals surface area contributed by atoms with Gasteiger partial charge < -0.3 is 10.1 Å². The van der Waals surface area contributed by atoms with E-state index >= 15 is 0 Å². The highest BCUT2D eigenvalue weighted by Gasteiger charge is 2.16. The summed E-state index contributed by atoms with van der Waals surface area (Å²) in [6.45, 7) is 9.37. The van der Waals surface area contributed by atoms with Gasteiger partial charge in [0.1, 0.15) is 5.60 Å². The lowest BCUT2D eigenvalue weighted by Crippen LogP contribution is -2.27. The van der Waals surface area contributed by atoms with Gasteiger partial charge in [0.15, 0.2) is 0 Å². The largest absolute Gasteiger partial charge is 0.444 e. The topological polar surface area (TPSA) is 85.3 Å². The standard InChI is InChI=1S/C20H28N4O3/c1-13-17(14(2)24(6)23-13)11-12-18(25)21-15-7-9-16(10-8-15)22-19(26)27-20(3,4)5/h7-10H,11-12H2,1-6H3,(H,21,25)(H,22,26). The number of nitrogens with one attached hydrogen (secondary N) is 2. The van der Waals surface area contributed by atoms with E-state index in [9.17, 15) is 9.59 Å². The summed E-state index contributed by atoms with van der Waals surface area (Å²) in [6.07, 6.45) is 0.516. The minimum Gasteiger partial charge on any atom is -0.444 e. The Labute approximate surface area is 160 Å². The van der Waals surface area contributed by atoms with Crippen molar-refractivity contribution in [3.63, 3.8) is 0 Å². The van der Waals surface area contributed by atoms with Crippen LogP contribution < -0.4 is 10.6 Å². The Hall–Kier alpha value is -2.83. The van der Waals surface area contributed by atoms with E-state index in [0.717, 1.165) is 17.0 Å². The number of ether oxygens (including phenoxy) is 1. The van der Waals surface area contributed by atoms with Gasteiger partial charge in [-0.3, -0.25) is 14.8 Å². The van der Waals surface area contributed by atoms with Gasteiger partial charge in [0.2, 0.25) is 5.91 Å². The highest BCUT2D eigenvalue weighted by Crippen LogP contribution is 2.17. The molecule has 0 saturated heterocycles. The number of aromatic nitrogens is 2. The molecule has 0 radical (unpaired) electrons. The van der Waals surface area contributed by atoms with Crippen molar-refractivity contribution in [1.82, 2.24) is 9.78 Å². The maximum absolute atomic E-state index is 12.2. The van der Waals surface area contributed by atoms with Crippen LogP contribution in [0.15, 0.2) is 24.3 Å². The van der Waals surface area contributed by atoms with Crippen LogP contribution in [-0.4, -0.2) is 27.4 Å². The van der Waals surface area contributed by atoms with Crippen molar-refractivity contribution < 1.29 is 14.3 Å². The van der Waals surface area contributed by atoms with Crippen LogP contribution in [0.25, 0.3) is 0 Å². The number of hydrogen-bond acceptors (Lipinski definition) is 4. The molecule has 7 nitrogen and oxygen atoms in total. The van der Waals surface area contributed by atoms with Crippen molar-refractivity contribution in [2.24, 2.45) is 7.05 Å². The summed E-state index contributed by atoms with van der Waals surface area (Å²) < 4.78 is 7.04. The van der Waals surface area contributed by atoms with Gasteiger partial charge in [-0.2, -0.15) is 5.10 Å². The fraction of sp³-hybridized carbons (Fsp3) is 0.450. The molecule has 0 bridgehead atoms. The lowest BCUT2D eigenvalue weighted by Gasteiger charge is -2.19. The molecule has 0 aliphatic carbocycles. The molecule has 1 aromatic carbocycles. The molecule has 27 heavy (non-hydrogen) atoms. The molecule has 0 spiro atoms. The molecule has 1 heterocycles. The molecule has 0 unspecified atom stereocenters. The van der Waals surface area contributed by atoms with Crippen LogP contribution in [0, 0.1) is 13.8 Å². The zero-order chi connectivity index (χ0) is 20.2. The van der Waals surface area contributed by atoms with Crippen molar-refractivity contribution in [3.8, 4) is 0 Å². The highest BCUT2D eigenvalue weighted by molar-refractivity contribution is 5.91. The fourth-order valence-corrected chi connectivity index (χ4v) is 2.70. The second kappa shape index (κ2) is 8.24. The zero-order valence-corrected chi connectivity index (χ0v) is 16.8. The molecule has 2 aromatic rings. The number of carbonyl (C=O) groups excluding carboxylic acids is 2. The normalized spacial score (nSPS) is 11.2. The average molecular weight is 372 g/mol. The summed E-state index contributed by atoms with van der Waals surface area (Å²) in [6, 6.07) is 6.92. The van der Waals surface area contributed by atoms with Crippen molar-refractivity contribution in [1.29, 1.82) is 0 Å². The van der Waals surface area contributed by atoms with E-state index in [1.54, 1.807) is 45.0 Å². The predicted molar refractivity (Wildman–Crippen MR) is 106 cm³/mol. The molecule has 0 aliphatic rings. The first-order chi connectivity index (χ1) is 12.5. The molecular weight excluding hydrogens is 344 g/mol. The Morgan fingerprint density at radius 2 is 1.63 bits per heavy atom. The zero-order valence-electron chi connectivity index (χ0n) is 16.8. The third-order valence-electron chi connectivity index (χ3n) is 4.07. The van der Waals surface area contributed by atoms with E-state index in [-0.39, 0.29) is 5.91 Å². The van der Waals surface area contributed by atoms with Crippen LogP contribution in [0.2, 0.25) is 0 Å². The lowest BCUT2D eigenvalue weighted by molar-refractivity contribution is -0.116. The molecule has 0 saturated carbocycles. The van der Waals surface area contributed by atoms with Crippen molar-refractivity contribution in [2.75, 3.05) is 10.6 Å². The Kier molecular flexibility index (Phi) is 6.25. The Morgan fingerprint density at radius 3 is 2.11 bits per heavy atom. The van der Waals surface area contributed by atoms with Crippen molar-refractivity contribution >= 4 is 23.4 Å². The monoisotopic (exact) mass is 372 g/mol. The molecular formula is C20H28N4O3. The number of rotatable bonds is 5. The highest BCUT2D eigenvalue weighted by atomic mass is 16.6. The molecule has 2 amide bonds. The number of nitrogens with zero attached hydrogens (tertiary/aromatic N) is 2. The minimum absolute atomic E-state index is 0.0643. The van der Waals surface area contributed by atoms with Crippen LogP contribution in [0.1, 0.15) is 44.1 Å². The second-order valence-electron chi connectivity index (χ2n) is 7.53. The quantitative estimate of drug-likeness (QED) is 0.832. The molecule has 2 N–H and O–H groups in total. The van der Waals surface area contributed by atoms with Gasteiger partial charge in [-0.15, -0.1) is 0 Å². The van der Waals surface area contributed by atoms with Crippen molar-refractivity contribution in [3.05, 3.63) is 41.2 Å². The van der Waals surface area contributed by atoms with E-state index in [0.29, 0.717) is 24.2 Å². The second-order valence-corrected chi connectivity index (χ2v) is 7.53. The fourth-order valence-electron chi connectivity index (χ4n) is 2.70. The van der Waals surface area contributed by atoms with E-state index in [1.807, 2.05) is 25.6 Å². The van der Waals surface area contributed by atoms with Gasteiger partial charge >= 0.3 is 6.09 Å². The molecule has 1 aromatic heterocycles. The maximum atomic E-state index is 12.2. The molecule has 0 aliphatic heterocycles. The lowest BCUT2D eigenvalue weighted by atomic mass is 10.1. The van der Waals surface area contributed by atoms with E-state index in [2.05, 4.69) is 15.7 Å². The Bertz CT molecular complexity index is 817.